The second-order valence-corrected chi connectivity index (χ2v) is 3.70. The minimum Gasteiger partial charge on any atom is -0.396 e. The van der Waals surface area contributed by atoms with Gasteiger partial charge in [-0.25, -0.2) is 0 Å². The van der Waals surface area contributed by atoms with Gasteiger partial charge < -0.3 is 9.67 Å². The van der Waals surface area contributed by atoms with Gasteiger partial charge in [-0.1, -0.05) is 0 Å². The van der Waals surface area contributed by atoms with E-state index in [4.69, 9.17) is 5.11 Å². The summed E-state index contributed by atoms with van der Waals surface area (Å²) in [7, 11) is 0. The molecule has 0 aliphatic heterocycles. The third-order valence-electron chi connectivity index (χ3n) is 2.55. The van der Waals surface area contributed by atoms with Crippen molar-refractivity contribution in [1.82, 2.24) is 4.57 Å². The predicted molar refractivity (Wildman–Crippen MR) is 54.9 cm³/mol. The number of hydrogen-bond acceptors (Lipinski definition) is 1. The highest BCUT2D eigenvalue weighted by atomic mass is 16.2. The summed E-state index contributed by atoms with van der Waals surface area (Å²) < 4.78 is 2.33. The van der Waals surface area contributed by atoms with E-state index in [1.807, 2.05) is 0 Å². The lowest BCUT2D eigenvalue weighted by Crippen LogP contribution is -2.08. The zero-order valence-corrected chi connectivity index (χ0v) is 8.75. The van der Waals surface area contributed by atoms with Gasteiger partial charge in [0.25, 0.3) is 0 Å². The molecule has 13 heavy (non-hydrogen) atoms. The van der Waals surface area contributed by atoms with Crippen LogP contribution in [0.5, 0.6) is 0 Å². The van der Waals surface area contributed by atoms with Crippen LogP contribution in [-0.2, 0) is 0 Å². The van der Waals surface area contributed by atoms with E-state index in [0.29, 0.717) is 12.6 Å². The molecule has 0 aliphatic carbocycles. The molecule has 1 atom stereocenters. The Bertz CT molecular complexity index is 246. The Hall–Kier alpha value is -0.760. The average Bonchev–Trinajstić information content (AvgIpc) is 2.42. The molecule has 1 unspecified atom stereocenters. The number of hydrogen-bond donors (Lipinski definition) is 1. The number of aliphatic hydroxyl groups excluding tert-OH is 1. The Morgan fingerprint density at radius 1 is 1.31 bits per heavy atom. The lowest BCUT2D eigenvalue weighted by molar-refractivity contribution is 0.273. The van der Waals surface area contributed by atoms with Gasteiger partial charge in [0.05, 0.1) is 0 Å². The molecule has 0 aliphatic rings. The van der Waals surface area contributed by atoms with Gasteiger partial charge in [-0.15, -0.1) is 0 Å². The Morgan fingerprint density at radius 2 is 1.85 bits per heavy atom. The topological polar surface area (TPSA) is 25.2 Å². The molecule has 1 heterocycles. The van der Waals surface area contributed by atoms with Crippen molar-refractivity contribution in [2.45, 2.75) is 39.7 Å². The average molecular weight is 181 g/mol. The Balaban J connectivity index is 2.69. The third-order valence-corrected chi connectivity index (χ3v) is 2.55. The van der Waals surface area contributed by atoms with Crippen LogP contribution in [0.25, 0.3) is 0 Å². The van der Waals surface area contributed by atoms with Crippen LogP contribution in [0.15, 0.2) is 12.1 Å². The van der Waals surface area contributed by atoms with Crippen molar-refractivity contribution in [2.75, 3.05) is 6.61 Å². The fraction of sp³-hybridized carbons (Fsp3) is 0.636. The van der Waals surface area contributed by atoms with Crippen molar-refractivity contribution < 1.29 is 5.11 Å². The van der Waals surface area contributed by atoms with E-state index < -0.39 is 0 Å². The lowest BCUT2D eigenvalue weighted by atomic mass is 10.2. The van der Waals surface area contributed by atoms with Crippen LogP contribution < -0.4 is 0 Å². The molecule has 0 saturated carbocycles. The number of rotatable bonds is 4. The van der Waals surface area contributed by atoms with Crippen molar-refractivity contribution in [1.29, 1.82) is 0 Å². The number of nitrogens with zero attached hydrogens (tertiary/aromatic N) is 1. The van der Waals surface area contributed by atoms with E-state index in [1.54, 1.807) is 0 Å². The van der Waals surface area contributed by atoms with Crippen molar-refractivity contribution in [2.24, 2.45) is 0 Å². The Labute approximate surface area is 80.2 Å². The van der Waals surface area contributed by atoms with Gasteiger partial charge in [0.1, 0.15) is 0 Å². The van der Waals surface area contributed by atoms with Crippen LogP contribution in [0.4, 0.5) is 0 Å². The summed E-state index contributed by atoms with van der Waals surface area (Å²) in [5.41, 5.74) is 2.62. The summed E-state index contributed by atoms with van der Waals surface area (Å²) in [6.07, 6.45) is 1.94. The zero-order valence-electron chi connectivity index (χ0n) is 8.75. The standard InChI is InChI=1S/C11H19NO/c1-9(5-4-8-13)12-10(2)6-7-11(12)3/h6-7,9,13H,4-5,8H2,1-3H3. The monoisotopic (exact) mass is 181 g/mol. The lowest BCUT2D eigenvalue weighted by Gasteiger charge is -2.17. The highest BCUT2D eigenvalue weighted by Gasteiger charge is 2.08. The first kappa shape index (κ1) is 10.3. The van der Waals surface area contributed by atoms with Gasteiger partial charge in [-0.3, -0.25) is 0 Å². The summed E-state index contributed by atoms with van der Waals surface area (Å²) in [6, 6.07) is 4.79. The van der Waals surface area contributed by atoms with Crippen LogP contribution >= 0.6 is 0 Å². The summed E-state index contributed by atoms with van der Waals surface area (Å²) in [4.78, 5) is 0. The number of aromatic nitrogens is 1. The van der Waals surface area contributed by atoms with Crippen LogP contribution in [0.1, 0.15) is 37.2 Å². The molecule has 1 rings (SSSR count). The van der Waals surface area contributed by atoms with Crippen LogP contribution in [0, 0.1) is 13.8 Å². The minimum absolute atomic E-state index is 0.295. The van der Waals surface area contributed by atoms with Crippen molar-refractivity contribution in [3.63, 3.8) is 0 Å². The molecule has 1 aromatic heterocycles. The van der Waals surface area contributed by atoms with Crippen LogP contribution in [-0.4, -0.2) is 16.3 Å². The molecule has 1 aromatic rings. The quantitative estimate of drug-likeness (QED) is 0.758. The van der Waals surface area contributed by atoms with Gasteiger partial charge in [-0.05, 0) is 45.7 Å². The first-order valence-electron chi connectivity index (χ1n) is 4.92. The first-order valence-corrected chi connectivity index (χ1v) is 4.92. The van der Waals surface area contributed by atoms with Crippen LogP contribution in [0.2, 0.25) is 0 Å². The SMILES string of the molecule is Cc1ccc(C)n1C(C)CCCO. The van der Waals surface area contributed by atoms with Gasteiger partial charge >= 0.3 is 0 Å². The normalized spacial score (nSPS) is 13.2. The zero-order chi connectivity index (χ0) is 9.84. The van der Waals surface area contributed by atoms with Crippen molar-refractivity contribution in [3.05, 3.63) is 23.5 Å². The van der Waals surface area contributed by atoms with Crippen molar-refractivity contribution >= 4 is 0 Å². The molecule has 0 fully saturated rings. The molecule has 0 amide bonds. The second-order valence-electron chi connectivity index (χ2n) is 3.70. The maximum Gasteiger partial charge on any atom is 0.0431 e. The fourth-order valence-corrected chi connectivity index (χ4v) is 1.89. The maximum atomic E-state index is 8.74. The molecule has 0 spiro atoms. The Morgan fingerprint density at radius 3 is 2.31 bits per heavy atom. The highest BCUT2D eigenvalue weighted by molar-refractivity contribution is 5.14. The summed E-state index contributed by atoms with van der Waals surface area (Å²) in [5, 5.41) is 8.74. The Kier molecular flexibility index (Phi) is 3.55. The van der Waals surface area contributed by atoms with Gasteiger partial charge in [0, 0.05) is 24.0 Å². The van der Waals surface area contributed by atoms with E-state index in [9.17, 15) is 0 Å². The molecule has 0 radical (unpaired) electrons. The largest absolute Gasteiger partial charge is 0.396 e. The molecule has 2 heteroatoms. The van der Waals surface area contributed by atoms with Gasteiger partial charge in [-0.2, -0.15) is 0 Å². The molecular formula is C11H19NO. The number of aliphatic hydroxyl groups is 1. The molecule has 0 aromatic carbocycles. The molecule has 0 saturated heterocycles. The molecule has 1 N–H and O–H groups in total. The second kappa shape index (κ2) is 4.47. The fourth-order valence-electron chi connectivity index (χ4n) is 1.89. The van der Waals surface area contributed by atoms with E-state index >= 15 is 0 Å². The molecule has 0 bridgehead atoms. The van der Waals surface area contributed by atoms with Gasteiger partial charge in [0.15, 0.2) is 0 Å². The maximum absolute atomic E-state index is 8.74. The predicted octanol–water partition coefficient (Wildman–Crippen LogP) is 2.44. The van der Waals surface area contributed by atoms with E-state index in [2.05, 4.69) is 37.5 Å². The first-order chi connectivity index (χ1) is 6.16. The molecule has 2 nitrogen and oxygen atoms in total. The summed E-state index contributed by atoms with van der Waals surface area (Å²) >= 11 is 0. The molecular weight excluding hydrogens is 162 g/mol. The van der Waals surface area contributed by atoms with Gasteiger partial charge in [0.2, 0.25) is 0 Å². The number of aryl methyl sites for hydroxylation is 2. The summed E-state index contributed by atoms with van der Waals surface area (Å²) in [5.74, 6) is 0. The van der Waals surface area contributed by atoms with E-state index in [-0.39, 0.29) is 0 Å². The van der Waals surface area contributed by atoms with Crippen LogP contribution in [0.3, 0.4) is 0 Å². The van der Waals surface area contributed by atoms with E-state index in [1.165, 1.54) is 11.4 Å². The minimum atomic E-state index is 0.295. The van der Waals surface area contributed by atoms with Crippen molar-refractivity contribution in [3.8, 4) is 0 Å². The van der Waals surface area contributed by atoms with E-state index in [0.717, 1.165) is 12.8 Å². The summed E-state index contributed by atoms with van der Waals surface area (Å²) in [6.45, 7) is 6.75. The smallest absolute Gasteiger partial charge is 0.0431 e. The highest BCUT2D eigenvalue weighted by Crippen LogP contribution is 2.19. The molecule has 74 valence electrons. The third kappa shape index (κ3) is 2.34.